The van der Waals surface area contributed by atoms with E-state index in [1.165, 1.54) is 17.5 Å². The highest BCUT2D eigenvalue weighted by molar-refractivity contribution is 7.18. The maximum atomic E-state index is 12.9. The molecule has 2 saturated heterocycles. The van der Waals surface area contributed by atoms with E-state index in [9.17, 15) is 13.2 Å². The van der Waals surface area contributed by atoms with Crippen molar-refractivity contribution >= 4 is 27.4 Å². The summed E-state index contributed by atoms with van der Waals surface area (Å²) in [6.45, 7) is 7.07. The SMILES string of the molecule is CCc1cccc(CN2CCC3(CCN(c4ncnc5sc(CC(F)(F)F)cc45)C3)C2)c1. The lowest BCUT2D eigenvalue weighted by atomic mass is 9.86. The molecule has 0 bridgehead atoms. The number of halogens is 3. The smallest absolute Gasteiger partial charge is 0.355 e. The minimum Gasteiger partial charge on any atom is -0.355 e. The molecule has 0 aliphatic carbocycles. The predicted octanol–water partition coefficient (Wildman–Crippen LogP) is 5.46. The number of aryl methyl sites for hydroxylation is 1. The van der Waals surface area contributed by atoms with E-state index >= 15 is 0 Å². The fourth-order valence-corrected chi connectivity index (χ4v) is 6.27. The maximum Gasteiger partial charge on any atom is 0.393 e. The second kappa shape index (κ2) is 8.30. The van der Waals surface area contributed by atoms with E-state index in [1.807, 2.05) is 0 Å². The number of aromatic nitrogens is 2. The maximum absolute atomic E-state index is 12.9. The van der Waals surface area contributed by atoms with Crippen LogP contribution in [0.1, 0.15) is 35.8 Å². The van der Waals surface area contributed by atoms with Gasteiger partial charge in [0.15, 0.2) is 0 Å². The molecule has 4 nitrogen and oxygen atoms in total. The lowest BCUT2D eigenvalue weighted by Gasteiger charge is -2.25. The van der Waals surface area contributed by atoms with E-state index in [1.54, 1.807) is 6.07 Å². The largest absolute Gasteiger partial charge is 0.393 e. The van der Waals surface area contributed by atoms with Crippen molar-refractivity contribution in [2.24, 2.45) is 5.41 Å². The van der Waals surface area contributed by atoms with Crippen molar-refractivity contribution in [1.82, 2.24) is 14.9 Å². The molecule has 0 radical (unpaired) electrons. The van der Waals surface area contributed by atoms with E-state index in [-0.39, 0.29) is 5.41 Å². The third-order valence-corrected chi connectivity index (χ3v) is 7.84. The van der Waals surface area contributed by atoms with Crippen LogP contribution >= 0.6 is 11.3 Å². The molecular weight excluding hydrogens is 433 g/mol. The Labute approximate surface area is 190 Å². The van der Waals surface area contributed by atoms with Crippen LogP contribution in [0.2, 0.25) is 0 Å². The van der Waals surface area contributed by atoms with Gasteiger partial charge in [0, 0.05) is 36.5 Å². The summed E-state index contributed by atoms with van der Waals surface area (Å²) in [5.41, 5.74) is 2.96. The van der Waals surface area contributed by atoms with Crippen LogP contribution in [0, 0.1) is 5.41 Å². The molecule has 170 valence electrons. The van der Waals surface area contributed by atoms with Crippen molar-refractivity contribution in [3.8, 4) is 0 Å². The molecule has 1 atom stereocenters. The topological polar surface area (TPSA) is 32.3 Å². The van der Waals surface area contributed by atoms with Crippen LogP contribution in [0.25, 0.3) is 10.2 Å². The molecule has 1 spiro atoms. The summed E-state index contributed by atoms with van der Waals surface area (Å²) in [6.07, 6.45) is -0.356. The third-order valence-electron chi connectivity index (χ3n) is 6.80. The van der Waals surface area contributed by atoms with Gasteiger partial charge in [-0.1, -0.05) is 31.2 Å². The van der Waals surface area contributed by atoms with Gasteiger partial charge in [0.25, 0.3) is 0 Å². The number of thiophene rings is 1. The number of rotatable bonds is 5. The Morgan fingerprint density at radius 3 is 2.69 bits per heavy atom. The standard InChI is InChI=1S/C24H27F3N4S/c1-2-17-4-3-5-18(10-17)13-30-8-6-23(14-30)7-9-31(15-23)21-20-11-19(12-24(25,26)27)32-22(20)29-16-28-21/h3-5,10-11,16H,2,6-9,12-15H2,1H3. The van der Waals surface area contributed by atoms with Gasteiger partial charge in [-0.3, -0.25) is 4.90 Å². The summed E-state index contributed by atoms with van der Waals surface area (Å²) in [4.78, 5) is 14.5. The van der Waals surface area contributed by atoms with E-state index < -0.39 is 12.6 Å². The zero-order valence-corrected chi connectivity index (χ0v) is 19.0. The summed E-state index contributed by atoms with van der Waals surface area (Å²) in [5, 5.41) is 0.750. The number of hydrogen-bond acceptors (Lipinski definition) is 5. The average molecular weight is 461 g/mol. The van der Waals surface area contributed by atoms with Gasteiger partial charge >= 0.3 is 6.18 Å². The van der Waals surface area contributed by atoms with Crippen LogP contribution < -0.4 is 4.90 Å². The number of hydrogen-bond donors (Lipinski definition) is 0. The van der Waals surface area contributed by atoms with Gasteiger partial charge < -0.3 is 4.90 Å². The number of likely N-dealkylation sites (tertiary alicyclic amines) is 1. The van der Waals surface area contributed by atoms with E-state index in [0.717, 1.165) is 74.5 Å². The van der Waals surface area contributed by atoms with Gasteiger partial charge in [0.2, 0.25) is 0 Å². The minimum atomic E-state index is -4.21. The van der Waals surface area contributed by atoms with Crippen molar-refractivity contribution in [3.05, 3.63) is 52.7 Å². The van der Waals surface area contributed by atoms with Crippen LogP contribution in [0.3, 0.4) is 0 Å². The van der Waals surface area contributed by atoms with Crippen LogP contribution in [0.15, 0.2) is 36.7 Å². The van der Waals surface area contributed by atoms with Gasteiger partial charge in [-0.2, -0.15) is 13.2 Å². The lowest BCUT2D eigenvalue weighted by Crippen LogP contribution is -2.31. The highest BCUT2D eigenvalue weighted by atomic mass is 32.1. The van der Waals surface area contributed by atoms with E-state index in [2.05, 4.69) is 51.0 Å². The summed E-state index contributed by atoms with van der Waals surface area (Å²) >= 11 is 1.12. The molecule has 2 aliphatic heterocycles. The van der Waals surface area contributed by atoms with E-state index in [4.69, 9.17) is 0 Å². The second-order valence-electron chi connectivity index (χ2n) is 9.23. The van der Waals surface area contributed by atoms with E-state index in [0.29, 0.717) is 9.71 Å². The fourth-order valence-electron chi connectivity index (χ4n) is 5.25. The van der Waals surface area contributed by atoms with Gasteiger partial charge in [-0.25, -0.2) is 9.97 Å². The quantitative estimate of drug-likeness (QED) is 0.506. The summed E-state index contributed by atoms with van der Waals surface area (Å²) < 4.78 is 38.6. The number of benzene rings is 1. The molecule has 1 aromatic carbocycles. The third kappa shape index (κ3) is 4.48. The first-order valence-corrected chi connectivity index (χ1v) is 12.0. The van der Waals surface area contributed by atoms with Crippen molar-refractivity contribution in [3.63, 3.8) is 0 Å². The molecule has 1 unspecified atom stereocenters. The molecular formula is C24H27F3N4S. The average Bonchev–Trinajstić information content (AvgIpc) is 3.45. The molecule has 0 amide bonds. The fraction of sp³-hybridized carbons (Fsp3) is 0.500. The van der Waals surface area contributed by atoms with Crippen molar-refractivity contribution in [2.75, 3.05) is 31.1 Å². The summed E-state index contributed by atoms with van der Waals surface area (Å²) in [7, 11) is 0. The van der Waals surface area contributed by atoms with Gasteiger partial charge in [-0.15, -0.1) is 11.3 Å². The Balaban J connectivity index is 1.30. The normalized spacial score (nSPS) is 21.9. The van der Waals surface area contributed by atoms with Gasteiger partial charge in [0.1, 0.15) is 17.0 Å². The van der Waals surface area contributed by atoms with Crippen LogP contribution in [-0.2, 0) is 19.4 Å². The van der Waals surface area contributed by atoms with Crippen molar-refractivity contribution < 1.29 is 13.2 Å². The minimum absolute atomic E-state index is 0.227. The zero-order chi connectivity index (χ0) is 22.3. The molecule has 5 rings (SSSR count). The first kappa shape index (κ1) is 21.6. The van der Waals surface area contributed by atoms with Crippen LogP contribution in [-0.4, -0.2) is 47.2 Å². The first-order chi connectivity index (χ1) is 15.3. The Hall–Kier alpha value is -2.19. The first-order valence-electron chi connectivity index (χ1n) is 11.2. The molecule has 0 saturated carbocycles. The molecule has 2 fully saturated rings. The van der Waals surface area contributed by atoms with Crippen LogP contribution in [0.4, 0.5) is 19.0 Å². The highest BCUT2D eigenvalue weighted by Crippen LogP contribution is 2.43. The lowest BCUT2D eigenvalue weighted by molar-refractivity contribution is -0.126. The van der Waals surface area contributed by atoms with Crippen molar-refractivity contribution in [1.29, 1.82) is 0 Å². The molecule has 4 heterocycles. The predicted molar refractivity (Wildman–Crippen MR) is 122 cm³/mol. The highest BCUT2D eigenvalue weighted by Gasteiger charge is 2.44. The Bertz CT molecular complexity index is 1110. The Morgan fingerprint density at radius 2 is 1.88 bits per heavy atom. The molecule has 2 aromatic heterocycles. The molecule has 32 heavy (non-hydrogen) atoms. The second-order valence-corrected chi connectivity index (χ2v) is 10.3. The van der Waals surface area contributed by atoms with Crippen molar-refractivity contribution in [2.45, 2.75) is 45.3 Å². The number of fused-ring (bicyclic) bond motifs is 1. The molecule has 0 N–H and O–H groups in total. The van der Waals surface area contributed by atoms with Gasteiger partial charge in [0.05, 0.1) is 11.8 Å². The molecule has 3 aromatic rings. The molecule has 8 heteroatoms. The number of nitrogens with zero attached hydrogens (tertiary/aromatic N) is 4. The van der Waals surface area contributed by atoms with Crippen LogP contribution in [0.5, 0.6) is 0 Å². The number of anilines is 1. The molecule has 2 aliphatic rings. The van der Waals surface area contributed by atoms with Gasteiger partial charge in [-0.05, 0) is 43.0 Å². The number of alkyl halides is 3. The zero-order valence-electron chi connectivity index (χ0n) is 18.2. The Kier molecular flexibility index (Phi) is 5.61. The Morgan fingerprint density at radius 1 is 1.06 bits per heavy atom. The summed E-state index contributed by atoms with van der Waals surface area (Å²) in [6, 6.07) is 10.5. The monoisotopic (exact) mass is 460 g/mol. The summed E-state index contributed by atoms with van der Waals surface area (Å²) in [5.74, 6) is 0.783.